The summed E-state index contributed by atoms with van der Waals surface area (Å²) in [6.45, 7) is -0.0182. The van der Waals surface area contributed by atoms with Crippen molar-refractivity contribution >= 4 is 5.91 Å². The number of aliphatic hydroxyl groups is 1. The molecule has 2 rings (SSSR count). The summed E-state index contributed by atoms with van der Waals surface area (Å²) in [5.74, 6) is -0.647. The van der Waals surface area contributed by atoms with Gasteiger partial charge in [0.2, 0.25) is 0 Å². The van der Waals surface area contributed by atoms with Gasteiger partial charge >= 0.3 is 6.18 Å². The van der Waals surface area contributed by atoms with E-state index in [1.807, 2.05) is 0 Å². The Morgan fingerprint density at radius 2 is 2.00 bits per heavy atom. The molecule has 0 aliphatic heterocycles. The molecule has 1 fully saturated rings. The topological polar surface area (TPSA) is 49.3 Å². The zero-order valence-electron chi connectivity index (χ0n) is 10.1. The van der Waals surface area contributed by atoms with Crippen molar-refractivity contribution in [3.63, 3.8) is 0 Å². The summed E-state index contributed by atoms with van der Waals surface area (Å²) in [4.78, 5) is 11.7. The first-order valence-electron chi connectivity index (χ1n) is 6.02. The first-order chi connectivity index (χ1) is 8.89. The Morgan fingerprint density at radius 1 is 1.37 bits per heavy atom. The van der Waals surface area contributed by atoms with Gasteiger partial charge in [0.15, 0.2) is 0 Å². The van der Waals surface area contributed by atoms with Crippen LogP contribution in [0.25, 0.3) is 0 Å². The van der Waals surface area contributed by atoms with Gasteiger partial charge in [-0.1, -0.05) is 12.1 Å². The molecule has 1 unspecified atom stereocenters. The van der Waals surface area contributed by atoms with Gasteiger partial charge in [0.25, 0.3) is 5.91 Å². The van der Waals surface area contributed by atoms with Crippen LogP contribution in [0.2, 0.25) is 0 Å². The van der Waals surface area contributed by atoms with Gasteiger partial charge in [-0.15, -0.1) is 0 Å². The molecule has 0 bridgehead atoms. The highest BCUT2D eigenvalue weighted by atomic mass is 19.4. The summed E-state index contributed by atoms with van der Waals surface area (Å²) in [5.41, 5.74) is -1.38. The smallest absolute Gasteiger partial charge is 0.391 e. The molecule has 6 heteroatoms. The summed E-state index contributed by atoms with van der Waals surface area (Å²) in [7, 11) is 0. The summed E-state index contributed by atoms with van der Waals surface area (Å²) < 4.78 is 38.1. The molecule has 0 spiro atoms. The van der Waals surface area contributed by atoms with Gasteiger partial charge in [-0.2, -0.15) is 13.2 Å². The Hall–Kier alpha value is -1.56. The molecule has 1 aromatic rings. The Kier molecular flexibility index (Phi) is 3.80. The Labute approximate surface area is 108 Å². The van der Waals surface area contributed by atoms with Crippen molar-refractivity contribution in [3.8, 4) is 0 Å². The molecule has 0 radical (unpaired) electrons. The van der Waals surface area contributed by atoms with E-state index in [4.69, 9.17) is 0 Å². The fourth-order valence-electron chi connectivity index (χ4n) is 1.87. The van der Waals surface area contributed by atoms with Crippen molar-refractivity contribution in [1.82, 2.24) is 5.32 Å². The lowest BCUT2D eigenvalue weighted by Crippen LogP contribution is -2.34. The van der Waals surface area contributed by atoms with E-state index < -0.39 is 29.3 Å². The minimum atomic E-state index is -4.57. The van der Waals surface area contributed by atoms with E-state index in [1.54, 1.807) is 0 Å². The van der Waals surface area contributed by atoms with Crippen LogP contribution >= 0.6 is 0 Å². The average Bonchev–Trinajstić information content (AvgIpc) is 3.18. The van der Waals surface area contributed by atoms with Crippen LogP contribution in [0.1, 0.15) is 28.8 Å². The van der Waals surface area contributed by atoms with Crippen molar-refractivity contribution < 1.29 is 23.1 Å². The van der Waals surface area contributed by atoms with E-state index in [-0.39, 0.29) is 12.5 Å². The normalized spacial score (nSPS) is 17.1. The summed E-state index contributed by atoms with van der Waals surface area (Å²) >= 11 is 0. The second-order valence-electron chi connectivity index (χ2n) is 4.66. The molecule has 19 heavy (non-hydrogen) atoms. The Morgan fingerprint density at radius 3 is 2.58 bits per heavy atom. The fourth-order valence-corrected chi connectivity index (χ4v) is 1.87. The molecular weight excluding hydrogens is 259 g/mol. The molecule has 104 valence electrons. The van der Waals surface area contributed by atoms with Gasteiger partial charge in [-0.25, -0.2) is 0 Å². The number of amides is 1. The largest absolute Gasteiger partial charge is 0.417 e. The second-order valence-corrected chi connectivity index (χ2v) is 4.66. The first kappa shape index (κ1) is 13.9. The minimum absolute atomic E-state index is 0.0182. The number of alkyl halides is 3. The standard InChI is InChI=1S/C13H14F3NO2/c14-13(15,16)10-4-2-1-3-9(10)12(19)17-7-11(18)8-5-6-8/h1-4,8,11,18H,5-7H2,(H,17,19). The lowest BCUT2D eigenvalue weighted by atomic mass is 10.1. The zero-order valence-corrected chi connectivity index (χ0v) is 10.1. The van der Waals surface area contributed by atoms with Gasteiger partial charge in [0, 0.05) is 6.54 Å². The third-order valence-electron chi connectivity index (χ3n) is 3.12. The van der Waals surface area contributed by atoms with E-state index in [9.17, 15) is 23.1 Å². The Bertz CT molecular complexity index is 469. The van der Waals surface area contributed by atoms with Crippen LogP contribution < -0.4 is 5.32 Å². The molecular formula is C13H14F3NO2. The van der Waals surface area contributed by atoms with E-state index >= 15 is 0 Å². The SMILES string of the molecule is O=C(NCC(O)C1CC1)c1ccccc1C(F)(F)F. The van der Waals surface area contributed by atoms with Crippen LogP contribution in [0.3, 0.4) is 0 Å². The Balaban J connectivity index is 2.06. The molecule has 1 aliphatic rings. The summed E-state index contributed by atoms with van der Waals surface area (Å²) in [6.07, 6.45) is -3.45. The summed E-state index contributed by atoms with van der Waals surface area (Å²) in [5, 5.41) is 11.9. The highest BCUT2D eigenvalue weighted by Gasteiger charge is 2.35. The quantitative estimate of drug-likeness (QED) is 0.883. The first-order valence-corrected chi connectivity index (χ1v) is 6.02. The number of rotatable bonds is 4. The van der Waals surface area contributed by atoms with Gasteiger partial charge in [-0.3, -0.25) is 4.79 Å². The predicted molar refractivity (Wildman–Crippen MR) is 62.5 cm³/mol. The van der Waals surface area contributed by atoms with E-state index in [2.05, 4.69) is 5.32 Å². The molecule has 0 saturated heterocycles. The van der Waals surface area contributed by atoms with Gasteiger partial charge in [-0.05, 0) is 30.9 Å². The molecule has 0 aromatic heterocycles. The number of benzene rings is 1. The number of carbonyl (C=O) groups excluding carboxylic acids is 1. The minimum Gasteiger partial charge on any atom is -0.391 e. The van der Waals surface area contributed by atoms with Crippen molar-refractivity contribution in [1.29, 1.82) is 0 Å². The summed E-state index contributed by atoms with van der Waals surface area (Å²) in [6, 6.07) is 4.61. The average molecular weight is 273 g/mol. The predicted octanol–water partition coefficient (Wildman–Crippen LogP) is 2.21. The van der Waals surface area contributed by atoms with Crippen molar-refractivity contribution in [3.05, 3.63) is 35.4 Å². The van der Waals surface area contributed by atoms with Crippen LogP contribution in [0.4, 0.5) is 13.2 Å². The van der Waals surface area contributed by atoms with Crippen molar-refractivity contribution in [2.45, 2.75) is 25.1 Å². The molecule has 1 amide bonds. The zero-order chi connectivity index (χ0) is 14.0. The van der Waals surface area contributed by atoms with Crippen molar-refractivity contribution in [2.24, 2.45) is 5.92 Å². The number of nitrogens with one attached hydrogen (secondary N) is 1. The third kappa shape index (κ3) is 3.47. The number of aliphatic hydroxyl groups excluding tert-OH is 1. The monoisotopic (exact) mass is 273 g/mol. The molecule has 1 aliphatic carbocycles. The lowest BCUT2D eigenvalue weighted by molar-refractivity contribution is -0.137. The molecule has 2 N–H and O–H groups in total. The van der Waals surface area contributed by atoms with Gasteiger partial charge < -0.3 is 10.4 Å². The van der Waals surface area contributed by atoms with Gasteiger partial charge in [0.05, 0.1) is 17.2 Å². The third-order valence-corrected chi connectivity index (χ3v) is 3.12. The number of hydrogen-bond donors (Lipinski definition) is 2. The van der Waals surface area contributed by atoms with Gasteiger partial charge in [0.1, 0.15) is 0 Å². The van der Waals surface area contributed by atoms with Crippen LogP contribution in [0.15, 0.2) is 24.3 Å². The fraction of sp³-hybridized carbons (Fsp3) is 0.462. The van der Waals surface area contributed by atoms with Crippen LogP contribution in [0.5, 0.6) is 0 Å². The molecule has 1 aromatic carbocycles. The maximum absolute atomic E-state index is 12.7. The van der Waals surface area contributed by atoms with Crippen LogP contribution in [-0.4, -0.2) is 23.7 Å². The number of carbonyl (C=O) groups is 1. The van der Waals surface area contributed by atoms with Crippen molar-refractivity contribution in [2.75, 3.05) is 6.54 Å². The van der Waals surface area contributed by atoms with Crippen LogP contribution in [0, 0.1) is 5.92 Å². The molecule has 0 heterocycles. The molecule has 1 atom stereocenters. The lowest BCUT2D eigenvalue weighted by Gasteiger charge is -2.14. The number of hydrogen-bond acceptors (Lipinski definition) is 2. The maximum atomic E-state index is 12.7. The molecule has 1 saturated carbocycles. The maximum Gasteiger partial charge on any atom is 0.417 e. The van der Waals surface area contributed by atoms with E-state index in [0.717, 1.165) is 25.0 Å². The highest BCUT2D eigenvalue weighted by molar-refractivity contribution is 5.95. The van der Waals surface area contributed by atoms with Crippen LogP contribution in [-0.2, 0) is 6.18 Å². The second kappa shape index (κ2) is 5.21. The number of halogens is 3. The highest BCUT2D eigenvalue weighted by Crippen LogP contribution is 2.33. The van der Waals surface area contributed by atoms with E-state index in [0.29, 0.717) is 0 Å². The molecule has 3 nitrogen and oxygen atoms in total. The van der Waals surface area contributed by atoms with E-state index in [1.165, 1.54) is 12.1 Å².